The second kappa shape index (κ2) is 10.2. The predicted molar refractivity (Wildman–Crippen MR) is 120 cm³/mol. The monoisotopic (exact) mass is 469 g/mol. The third-order valence-corrected chi connectivity index (χ3v) is 7.37. The van der Waals surface area contributed by atoms with E-state index >= 15 is 0 Å². The first-order chi connectivity index (χ1) is 15.4. The van der Waals surface area contributed by atoms with Crippen molar-refractivity contribution in [2.45, 2.75) is 17.7 Å². The first-order valence-corrected chi connectivity index (χ1v) is 11.8. The highest BCUT2D eigenvalue weighted by molar-refractivity contribution is 7.89. The Morgan fingerprint density at radius 3 is 2.38 bits per heavy atom. The maximum atomic E-state index is 12.9. The molecule has 9 nitrogen and oxygen atoms in total. The van der Waals surface area contributed by atoms with Gasteiger partial charge in [0.15, 0.2) is 5.13 Å². The number of methoxy groups -OCH3 is 1. The summed E-state index contributed by atoms with van der Waals surface area (Å²) in [6.07, 6.45) is 0.0240. The summed E-state index contributed by atoms with van der Waals surface area (Å²) < 4.78 is 33.0. The van der Waals surface area contributed by atoms with Gasteiger partial charge >= 0.3 is 0 Å². The third-order valence-electron chi connectivity index (χ3n) is 4.52. The van der Waals surface area contributed by atoms with Gasteiger partial charge in [-0.25, -0.2) is 13.4 Å². The molecule has 0 saturated heterocycles. The Morgan fingerprint density at radius 1 is 1.12 bits per heavy atom. The molecule has 0 aliphatic rings. The Bertz CT molecular complexity index is 1290. The first kappa shape index (κ1) is 23.2. The smallest absolute Gasteiger partial charge is 0.257 e. The van der Waals surface area contributed by atoms with Gasteiger partial charge in [-0.05, 0) is 36.4 Å². The lowest BCUT2D eigenvalue weighted by atomic mass is 10.2. The number of aromatic nitrogens is 1. The van der Waals surface area contributed by atoms with Crippen LogP contribution in [0.2, 0.25) is 0 Å². The van der Waals surface area contributed by atoms with Crippen molar-refractivity contribution in [2.24, 2.45) is 0 Å². The van der Waals surface area contributed by atoms with Crippen molar-refractivity contribution >= 4 is 42.6 Å². The lowest BCUT2D eigenvalue weighted by molar-refractivity contribution is 0.102. The highest BCUT2D eigenvalue weighted by Gasteiger charge is 2.24. The van der Waals surface area contributed by atoms with Crippen molar-refractivity contribution in [3.8, 4) is 17.9 Å². The molecule has 3 rings (SSSR count). The summed E-state index contributed by atoms with van der Waals surface area (Å²) in [6.45, 7) is -0.0202. The number of nitrogens with one attached hydrogen (secondary N) is 1. The summed E-state index contributed by atoms with van der Waals surface area (Å²) in [5.41, 5.74) is 0.905. The van der Waals surface area contributed by atoms with Crippen LogP contribution in [0.15, 0.2) is 47.4 Å². The number of para-hydroxylation sites is 1. The number of thiazole rings is 1. The summed E-state index contributed by atoms with van der Waals surface area (Å²) in [7, 11) is -2.35. The SMILES string of the molecule is COc1cccc2sc(NC(=O)c3ccc(S(=O)(=O)N(CCC#N)CCC#N)cc3)nc12. The predicted octanol–water partition coefficient (Wildman–Crippen LogP) is 3.38. The Morgan fingerprint density at radius 2 is 1.78 bits per heavy atom. The fraction of sp³-hybridized carbons (Fsp3) is 0.238. The molecule has 0 fully saturated rings. The largest absolute Gasteiger partial charge is 0.494 e. The lowest BCUT2D eigenvalue weighted by Gasteiger charge is -2.20. The van der Waals surface area contributed by atoms with Gasteiger partial charge in [0.25, 0.3) is 5.91 Å². The van der Waals surface area contributed by atoms with Gasteiger partial charge < -0.3 is 4.74 Å². The van der Waals surface area contributed by atoms with Crippen LogP contribution in [0, 0.1) is 22.7 Å². The molecule has 0 unspecified atom stereocenters. The van der Waals surface area contributed by atoms with Crippen molar-refractivity contribution in [3.63, 3.8) is 0 Å². The number of hydrogen-bond donors (Lipinski definition) is 1. The topological polar surface area (TPSA) is 136 Å². The molecular weight excluding hydrogens is 450 g/mol. The summed E-state index contributed by atoms with van der Waals surface area (Å²) in [5.74, 6) is 0.170. The van der Waals surface area contributed by atoms with Gasteiger partial charge in [-0.15, -0.1) is 0 Å². The zero-order chi connectivity index (χ0) is 23.1. The van der Waals surface area contributed by atoms with E-state index in [0.29, 0.717) is 16.4 Å². The number of carbonyl (C=O) groups excluding carboxylic acids is 1. The molecule has 0 saturated carbocycles. The molecule has 1 heterocycles. The van der Waals surface area contributed by atoms with Crippen molar-refractivity contribution in [1.82, 2.24) is 9.29 Å². The van der Waals surface area contributed by atoms with Gasteiger partial charge in [0, 0.05) is 31.5 Å². The maximum Gasteiger partial charge on any atom is 0.257 e. The molecule has 1 N–H and O–H groups in total. The average Bonchev–Trinajstić information content (AvgIpc) is 3.21. The van der Waals surface area contributed by atoms with Crippen LogP contribution in [0.1, 0.15) is 23.2 Å². The normalized spacial score (nSPS) is 11.1. The molecule has 0 spiro atoms. The summed E-state index contributed by atoms with van der Waals surface area (Å²) in [4.78, 5) is 17.0. The zero-order valence-corrected chi connectivity index (χ0v) is 18.7. The number of nitriles is 2. The third kappa shape index (κ3) is 5.03. The molecule has 0 radical (unpaired) electrons. The van der Waals surface area contributed by atoms with Gasteiger partial charge in [-0.2, -0.15) is 14.8 Å². The van der Waals surface area contributed by atoms with Gasteiger partial charge in [-0.3, -0.25) is 10.1 Å². The zero-order valence-electron chi connectivity index (χ0n) is 17.1. The summed E-state index contributed by atoms with van der Waals surface area (Å²) in [5, 5.41) is 20.7. The van der Waals surface area contributed by atoms with Crippen molar-refractivity contribution < 1.29 is 17.9 Å². The highest BCUT2D eigenvalue weighted by atomic mass is 32.2. The first-order valence-electron chi connectivity index (χ1n) is 9.49. The van der Waals surface area contributed by atoms with Crippen LogP contribution in [-0.4, -0.2) is 43.8 Å². The molecule has 32 heavy (non-hydrogen) atoms. The molecule has 3 aromatic rings. The molecular formula is C21H19N5O4S2. The Hall–Kier alpha value is -3.51. The molecule has 164 valence electrons. The number of anilines is 1. The van der Waals surface area contributed by atoms with E-state index in [1.54, 1.807) is 13.2 Å². The van der Waals surface area contributed by atoms with Crippen molar-refractivity contribution in [1.29, 1.82) is 10.5 Å². The standard InChI is InChI=1S/C21H19N5O4S2/c1-30-17-5-2-6-18-19(17)24-21(31-18)25-20(27)15-7-9-16(10-8-15)32(28,29)26(13-3-11-22)14-4-12-23/h2,5-10H,3-4,13-14H2,1H3,(H,24,25,27). The molecule has 1 amide bonds. The van der Waals surface area contributed by atoms with Gasteiger partial charge in [-0.1, -0.05) is 17.4 Å². The van der Waals surface area contributed by atoms with Crippen LogP contribution in [-0.2, 0) is 10.0 Å². The number of ether oxygens (including phenoxy) is 1. The van der Waals surface area contributed by atoms with Crippen LogP contribution in [0.25, 0.3) is 10.2 Å². The van der Waals surface area contributed by atoms with E-state index in [1.807, 2.05) is 24.3 Å². The van der Waals surface area contributed by atoms with E-state index in [9.17, 15) is 13.2 Å². The van der Waals surface area contributed by atoms with Crippen LogP contribution in [0.5, 0.6) is 5.75 Å². The molecule has 11 heteroatoms. The van der Waals surface area contributed by atoms with E-state index in [4.69, 9.17) is 15.3 Å². The quantitative estimate of drug-likeness (QED) is 0.507. The number of amides is 1. The van der Waals surface area contributed by atoms with Crippen molar-refractivity contribution in [2.75, 3.05) is 25.5 Å². The van der Waals surface area contributed by atoms with Crippen LogP contribution < -0.4 is 10.1 Å². The minimum absolute atomic E-state index is 0.0101. The number of carbonyl (C=O) groups is 1. The van der Waals surface area contributed by atoms with E-state index < -0.39 is 15.9 Å². The number of nitrogens with zero attached hydrogens (tertiary/aromatic N) is 4. The Labute approximate surface area is 189 Å². The molecule has 0 atom stereocenters. The average molecular weight is 470 g/mol. The fourth-order valence-electron chi connectivity index (χ4n) is 2.94. The van der Waals surface area contributed by atoms with Crippen LogP contribution in [0.4, 0.5) is 5.13 Å². The van der Waals surface area contributed by atoms with Gasteiger partial charge in [0.05, 0.1) is 28.8 Å². The number of fused-ring (bicyclic) bond motifs is 1. The van der Waals surface area contributed by atoms with Gasteiger partial charge in [0.1, 0.15) is 11.3 Å². The lowest BCUT2D eigenvalue weighted by Crippen LogP contribution is -2.32. The number of rotatable bonds is 9. The second-order valence-corrected chi connectivity index (χ2v) is 9.49. The minimum atomic E-state index is -3.90. The second-order valence-electron chi connectivity index (χ2n) is 6.52. The van der Waals surface area contributed by atoms with Gasteiger partial charge in [0.2, 0.25) is 10.0 Å². The Kier molecular flexibility index (Phi) is 7.38. The highest BCUT2D eigenvalue weighted by Crippen LogP contribution is 2.32. The van der Waals surface area contributed by atoms with E-state index in [2.05, 4.69) is 10.3 Å². The molecule has 0 bridgehead atoms. The number of benzene rings is 2. The Balaban J connectivity index is 1.78. The van der Waals surface area contributed by atoms with Crippen LogP contribution in [0.3, 0.4) is 0 Å². The number of hydrogen-bond acceptors (Lipinski definition) is 8. The number of sulfonamides is 1. The van der Waals surface area contributed by atoms with Crippen molar-refractivity contribution in [3.05, 3.63) is 48.0 Å². The fourth-order valence-corrected chi connectivity index (χ4v) is 5.26. The minimum Gasteiger partial charge on any atom is -0.494 e. The summed E-state index contributed by atoms with van der Waals surface area (Å²) >= 11 is 1.30. The van der Waals surface area contributed by atoms with Crippen LogP contribution >= 0.6 is 11.3 Å². The molecule has 1 aromatic heterocycles. The van der Waals surface area contributed by atoms with E-state index in [0.717, 1.165) is 9.01 Å². The van der Waals surface area contributed by atoms with E-state index in [-0.39, 0.29) is 36.4 Å². The molecule has 0 aliphatic carbocycles. The molecule has 0 aliphatic heterocycles. The van der Waals surface area contributed by atoms with E-state index in [1.165, 1.54) is 35.6 Å². The molecule has 2 aromatic carbocycles. The maximum absolute atomic E-state index is 12.9. The summed E-state index contributed by atoms with van der Waals surface area (Å²) in [6, 6.07) is 14.8.